The largest absolute Gasteiger partial charge is 1.00 e. The van der Waals surface area contributed by atoms with Gasteiger partial charge in [0.2, 0.25) is 11.7 Å². The van der Waals surface area contributed by atoms with Gasteiger partial charge in [-0.15, -0.1) is 10.2 Å². The zero-order valence-electron chi connectivity index (χ0n) is 19.3. The summed E-state index contributed by atoms with van der Waals surface area (Å²) in [5.41, 5.74) is 1.84. The number of hydrogen-bond donors (Lipinski definition) is 0. The molecule has 0 radical (unpaired) electrons. The van der Waals surface area contributed by atoms with Crippen LogP contribution in [0.25, 0.3) is 22.8 Å². The van der Waals surface area contributed by atoms with E-state index in [1.165, 1.54) is 0 Å². The number of hydrogen-bond acceptors (Lipinski definition) is 8. The van der Waals surface area contributed by atoms with Crippen molar-refractivity contribution in [3.63, 3.8) is 0 Å². The smallest absolute Gasteiger partial charge is 0.337 e. The van der Waals surface area contributed by atoms with Gasteiger partial charge < -0.3 is 9.09 Å². The van der Waals surface area contributed by atoms with Gasteiger partial charge in [0, 0.05) is 41.0 Å². The third-order valence-electron chi connectivity index (χ3n) is 5.43. The number of pyridine rings is 1. The van der Waals surface area contributed by atoms with Crippen LogP contribution in [0.15, 0.2) is 53.3 Å². The number of nitrogens with zero attached hydrogens (tertiary/aromatic N) is 8. The second-order valence-corrected chi connectivity index (χ2v) is 8.36. The Labute approximate surface area is 232 Å². The molecule has 0 saturated heterocycles. The molecule has 0 amide bonds. The first-order valence-electron chi connectivity index (χ1n) is 10.4. The fourth-order valence-corrected chi connectivity index (χ4v) is 3.85. The van der Waals surface area contributed by atoms with Gasteiger partial charge in [-0.25, -0.2) is 0 Å². The first kappa shape index (κ1) is 27.0. The summed E-state index contributed by atoms with van der Waals surface area (Å²) < 4.78 is 7.90. The molecule has 4 aromatic rings. The molecule has 1 aliphatic rings. The van der Waals surface area contributed by atoms with Crippen molar-refractivity contribution in [3.8, 4) is 28.7 Å². The predicted molar refractivity (Wildman–Crippen MR) is 132 cm³/mol. The van der Waals surface area contributed by atoms with Crippen molar-refractivity contribution in [3.05, 3.63) is 65.5 Å². The van der Waals surface area contributed by atoms with E-state index >= 15 is 0 Å². The van der Waals surface area contributed by atoms with E-state index in [0.717, 1.165) is 35.6 Å². The Hall–Kier alpha value is -2.55. The van der Waals surface area contributed by atoms with Crippen LogP contribution in [0.1, 0.15) is 36.6 Å². The zero-order chi connectivity index (χ0) is 24.1. The summed E-state index contributed by atoms with van der Waals surface area (Å²) in [6, 6.07) is 11.7. The molecule has 0 aliphatic heterocycles. The summed E-state index contributed by atoms with van der Waals surface area (Å²) in [7, 11) is 4.06. The van der Waals surface area contributed by atoms with Crippen molar-refractivity contribution < 1.29 is 34.1 Å². The number of rotatable bonds is 7. The Bertz CT molecular complexity index is 1290. The molecule has 1 aliphatic carbocycles. The molecule has 0 bridgehead atoms. The molecule has 0 spiro atoms. The number of halogens is 1. The third kappa shape index (κ3) is 6.57. The predicted octanol–water partition coefficient (Wildman–Crippen LogP) is 0.0607. The van der Waals surface area contributed by atoms with Crippen LogP contribution in [0.3, 0.4) is 0 Å². The van der Waals surface area contributed by atoms with Crippen molar-refractivity contribution in [2.75, 3.05) is 14.1 Å². The van der Waals surface area contributed by atoms with Crippen LogP contribution in [-0.4, -0.2) is 56.7 Å². The third-order valence-corrected chi connectivity index (χ3v) is 5.66. The van der Waals surface area contributed by atoms with Gasteiger partial charge in [0.25, 0.3) is 0 Å². The molecular weight excluding hydrogens is 474 g/mol. The average Bonchev–Trinajstić information content (AvgIpc) is 3.39. The van der Waals surface area contributed by atoms with Gasteiger partial charge in [-0.1, -0.05) is 28.9 Å². The van der Waals surface area contributed by atoms with Gasteiger partial charge >= 0.3 is 29.6 Å². The molecule has 1 atom stereocenters. The van der Waals surface area contributed by atoms with Crippen LogP contribution in [0.2, 0.25) is 5.02 Å². The van der Waals surface area contributed by atoms with Crippen molar-refractivity contribution in [1.29, 1.82) is 5.26 Å². The normalized spacial score (nSPS) is 13.4. The van der Waals surface area contributed by atoms with Crippen LogP contribution < -0.4 is 29.6 Å². The molecule has 9 nitrogen and oxygen atoms in total. The molecule has 3 heterocycles. The van der Waals surface area contributed by atoms with Crippen molar-refractivity contribution in [2.24, 2.45) is 0 Å². The summed E-state index contributed by atoms with van der Waals surface area (Å²) in [6.07, 6.45) is 6.43. The number of nitriles is 1. The summed E-state index contributed by atoms with van der Waals surface area (Å²) in [5, 5.41) is 21.3. The number of likely N-dealkylation sites (N-methyl/N-ethyl adjacent to an activating group) is 1. The number of aromatic nitrogens is 6. The van der Waals surface area contributed by atoms with Crippen molar-refractivity contribution in [2.45, 2.75) is 31.3 Å². The summed E-state index contributed by atoms with van der Waals surface area (Å²) in [4.78, 5) is 10.8. The van der Waals surface area contributed by atoms with Crippen LogP contribution >= 0.6 is 11.6 Å². The van der Waals surface area contributed by atoms with Gasteiger partial charge in [-0.3, -0.25) is 15.1 Å². The summed E-state index contributed by atoms with van der Waals surface area (Å²) in [5.74, 6) is 4.85. The topological polar surface area (TPSA) is 110 Å². The monoisotopic (exact) mass is 498 g/mol. The molecule has 1 saturated carbocycles. The average molecular weight is 499 g/mol. The van der Waals surface area contributed by atoms with E-state index in [9.17, 15) is 0 Å². The van der Waals surface area contributed by atoms with Gasteiger partial charge in [-0.05, 0) is 51.2 Å². The summed E-state index contributed by atoms with van der Waals surface area (Å²) >= 11 is 6.11. The molecular formula is C23H25BClN8NaO. The molecule has 3 aromatic heterocycles. The molecule has 174 valence electrons. The van der Waals surface area contributed by atoms with Crippen molar-refractivity contribution in [1.82, 2.24) is 34.8 Å². The Morgan fingerprint density at radius 2 is 1.91 bits per heavy atom. The van der Waals surface area contributed by atoms with E-state index in [2.05, 4.69) is 34.8 Å². The van der Waals surface area contributed by atoms with Crippen LogP contribution in [0.5, 0.6) is 0 Å². The Balaban J connectivity index is 0.000000815. The molecule has 1 fully saturated rings. The van der Waals surface area contributed by atoms with E-state index in [0.29, 0.717) is 29.2 Å². The first-order valence-corrected chi connectivity index (χ1v) is 10.8. The minimum absolute atomic E-state index is 0. The standard InChI is InChI=1S/C22H22ClN7O.CH3BN.Na/c1-29(2)18(22-25-20(28-31-22)15-4-3-5-16(23)12-15)13-19-26-27-21(30(19)17-6-7-17)14-8-10-24-11-9-14;2-1-3;/h3-5,8-12,17-18H,6-7,13H2,1-2H3;2H3;/q;-1;+1/t18-;;/m0../s1. The van der Waals surface area contributed by atoms with Gasteiger partial charge in [0.1, 0.15) is 5.82 Å². The summed E-state index contributed by atoms with van der Waals surface area (Å²) in [6.45, 7) is 0. The molecule has 1 aromatic carbocycles. The second kappa shape index (κ2) is 12.4. The molecule has 0 N–H and O–H groups in total. The molecule has 5 rings (SSSR count). The zero-order valence-corrected chi connectivity index (χ0v) is 22.0. The maximum atomic E-state index is 7.43. The van der Waals surface area contributed by atoms with E-state index in [1.807, 2.05) is 56.5 Å². The Morgan fingerprint density at radius 3 is 2.54 bits per heavy atom. The van der Waals surface area contributed by atoms with E-state index in [4.69, 9.17) is 21.4 Å². The van der Waals surface area contributed by atoms with E-state index < -0.39 is 0 Å². The minimum Gasteiger partial charge on any atom is -0.337 e. The van der Waals surface area contributed by atoms with Crippen LogP contribution in [0.4, 0.5) is 0 Å². The van der Waals surface area contributed by atoms with E-state index in [-0.39, 0.29) is 43.4 Å². The maximum absolute atomic E-state index is 7.43. The van der Waals surface area contributed by atoms with Crippen LogP contribution in [-0.2, 0) is 6.42 Å². The molecule has 0 unspecified atom stereocenters. The molecule has 12 heteroatoms. The second-order valence-electron chi connectivity index (χ2n) is 7.93. The van der Waals surface area contributed by atoms with Crippen molar-refractivity contribution >= 4 is 19.4 Å². The van der Waals surface area contributed by atoms with E-state index in [1.54, 1.807) is 12.4 Å². The van der Waals surface area contributed by atoms with Gasteiger partial charge in [-0.2, -0.15) is 11.0 Å². The minimum atomic E-state index is -0.132. The Morgan fingerprint density at radius 1 is 1.20 bits per heavy atom. The van der Waals surface area contributed by atoms with Gasteiger partial charge in [0.05, 0.1) is 13.9 Å². The number of benzene rings is 1. The first-order chi connectivity index (χ1) is 16.5. The fraction of sp³-hybridized carbons (Fsp3) is 0.304. The quantitative estimate of drug-likeness (QED) is 0.329. The SMILES string of the molecule is CN(C)[C@@H](Cc1nnc(-c2ccncc2)n1C1CC1)c1nc(-c2cccc(Cl)c2)no1.[BH3-]C#N.[Na+]. The van der Waals surface area contributed by atoms with Gasteiger partial charge in [0.15, 0.2) is 5.82 Å². The molecule has 35 heavy (non-hydrogen) atoms. The Kier molecular flexibility index (Phi) is 9.60. The maximum Gasteiger partial charge on any atom is 1.00 e. The van der Waals surface area contributed by atoms with Crippen LogP contribution in [0, 0.1) is 11.2 Å². The fourth-order valence-electron chi connectivity index (χ4n) is 3.66.